The van der Waals surface area contributed by atoms with E-state index in [2.05, 4.69) is 11.4 Å². The fourth-order valence-corrected chi connectivity index (χ4v) is 2.35. The predicted molar refractivity (Wildman–Crippen MR) is 64.2 cm³/mol. The zero-order valence-corrected chi connectivity index (χ0v) is 9.50. The fraction of sp³-hybridized carbons (Fsp3) is 0.500. The van der Waals surface area contributed by atoms with E-state index in [-0.39, 0.29) is 0 Å². The summed E-state index contributed by atoms with van der Waals surface area (Å²) in [5, 5.41) is 4.29. The van der Waals surface area contributed by atoms with E-state index in [4.69, 9.17) is 17.3 Å². The van der Waals surface area contributed by atoms with Crippen molar-refractivity contribution in [1.29, 1.82) is 0 Å². The van der Waals surface area contributed by atoms with Crippen molar-refractivity contribution in [1.82, 2.24) is 5.32 Å². The summed E-state index contributed by atoms with van der Waals surface area (Å²) in [4.78, 5) is 0. The molecule has 0 aliphatic carbocycles. The summed E-state index contributed by atoms with van der Waals surface area (Å²) in [6.45, 7) is 1.05. The van der Waals surface area contributed by atoms with Crippen molar-refractivity contribution in [2.45, 2.75) is 31.3 Å². The lowest BCUT2D eigenvalue weighted by molar-refractivity contribution is 0.506. The molecule has 2 nitrogen and oxygen atoms in total. The molecule has 0 saturated carbocycles. The zero-order chi connectivity index (χ0) is 10.7. The van der Waals surface area contributed by atoms with Crippen LogP contribution in [0.5, 0.6) is 0 Å². The molecule has 3 N–H and O–H groups in total. The summed E-state index contributed by atoms with van der Waals surface area (Å²) in [5.41, 5.74) is 7.21. The molecule has 0 radical (unpaired) electrons. The van der Waals surface area contributed by atoms with Crippen molar-refractivity contribution in [3.8, 4) is 0 Å². The molecule has 3 heteroatoms. The molecule has 0 aromatic heterocycles. The molecule has 82 valence electrons. The number of hydrogen-bond donors (Lipinski definition) is 2. The first kappa shape index (κ1) is 10.9. The van der Waals surface area contributed by atoms with Gasteiger partial charge < -0.3 is 11.1 Å². The Hall–Kier alpha value is -0.570. The highest BCUT2D eigenvalue weighted by molar-refractivity contribution is 6.31. The molecule has 0 unspecified atom stereocenters. The predicted octanol–water partition coefficient (Wildman–Crippen LogP) is 1.96. The normalized spacial score (nSPS) is 25.7. The first-order valence-corrected chi connectivity index (χ1v) is 5.87. The molecule has 0 spiro atoms. The lowest BCUT2D eigenvalue weighted by atomic mass is 10.0. The highest BCUT2D eigenvalue weighted by Gasteiger charge is 2.22. The Balaban J connectivity index is 1.90. The first-order chi connectivity index (χ1) is 7.27. The van der Waals surface area contributed by atoms with Crippen LogP contribution in [-0.4, -0.2) is 18.6 Å². The molecule has 1 aliphatic rings. The van der Waals surface area contributed by atoms with Crippen molar-refractivity contribution in [2.75, 3.05) is 6.54 Å². The minimum absolute atomic E-state index is 0.312. The van der Waals surface area contributed by atoms with E-state index in [0.29, 0.717) is 12.1 Å². The molecule has 2 atom stereocenters. The van der Waals surface area contributed by atoms with Gasteiger partial charge in [0.05, 0.1) is 0 Å². The summed E-state index contributed by atoms with van der Waals surface area (Å²) in [5.74, 6) is 0. The van der Waals surface area contributed by atoms with Crippen LogP contribution < -0.4 is 11.1 Å². The number of benzene rings is 1. The van der Waals surface area contributed by atoms with Crippen LogP contribution in [0, 0.1) is 0 Å². The van der Waals surface area contributed by atoms with Crippen molar-refractivity contribution >= 4 is 11.6 Å². The Bertz CT molecular complexity index is 327. The van der Waals surface area contributed by atoms with E-state index in [1.165, 1.54) is 5.56 Å². The van der Waals surface area contributed by atoms with Gasteiger partial charge in [-0.1, -0.05) is 29.8 Å². The Kier molecular flexibility index (Phi) is 3.62. The zero-order valence-electron chi connectivity index (χ0n) is 8.75. The van der Waals surface area contributed by atoms with Gasteiger partial charge >= 0.3 is 0 Å². The van der Waals surface area contributed by atoms with Gasteiger partial charge in [-0.25, -0.2) is 0 Å². The third-order valence-electron chi connectivity index (χ3n) is 3.08. The monoisotopic (exact) mass is 224 g/mol. The maximum Gasteiger partial charge on any atom is 0.0437 e. The van der Waals surface area contributed by atoms with E-state index in [0.717, 1.165) is 30.8 Å². The molecule has 15 heavy (non-hydrogen) atoms. The van der Waals surface area contributed by atoms with Crippen LogP contribution in [0.3, 0.4) is 0 Å². The minimum Gasteiger partial charge on any atom is -0.326 e. The van der Waals surface area contributed by atoms with Gasteiger partial charge in [-0.05, 0) is 37.4 Å². The second-order valence-electron chi connectivity index (χ2n) is 4.14. The quantitative estimate of drug-likeness (QED) is 0.824. The molecule has 2 rings (SSSR count). The van der Waals surface area contributed by atoms with Crippen molar-refractivity contribution in [3.63, 3.8) is 0 Å². The van der Waals surface area contributed by atoms with E-state index in [1.807, 2.05) is 18.2 Å². The largest absolute Gasteiger partial charge is 0.326 e. The molecule has 1 aromatic rings. The summed E-state index contributed by atoms with van der Waals surface area (Å²) in [6.07, 6.45) is 3.17. The molecule has 1 aromatic carbocycles. The van der Waals surface area contributed by atoms with E-state index < -0.39 is 0 Å². The van der Waals surface area contributed by atoms with Crippen LogP contribution in [0.4, 0.5) is 0 Å². The Morgan fingerprint density at radius 1 is 1.40 bits per heavy atom. The highest BCUT2D eigenvalue weighted by atomic mass is 35.5. The molecular weight excluding hydrogens is 208 g/mol. The summed E-state index contributed by atoms with van der Waals surface area (Å²) >= 11 is 6.09. The second-order valence-corrected chi connectivity index (χ2v) is 4.55. The smallest absolute Gasteiger partial charge is 0.0437 e. The maximum absolute atomic E-state index is 6.09. The molecule has 0 bridgehead atoms. The van der Waals surface area contributed by atoms with Crippen molar-refractivity contribution in [2.24, 2.45) is 5.73 Å². The number of rotatable bonds is 3. The average Bonchev–Trinajstić information content (AvgIpc) is 2.63. The average molecular weight is 225 g/mol. The fourth-order valence-electron chi connectivity index (χ4n) is 2.12. The standard InChI is InChI=1S/C12H17ClN2/c13-10-4-2-1-3-9(10)5-6-12-11(14)7-8-15-12/h1-4,11-12,15H,5-8,14H2/t11-,12-/m1/s1. The van der Waals surface area contributed by atoms with Crippen molar-refractivity contribution < 1.29 is 0 Å². The number of nitrogens with one attached hydrogen (secondary N) is 1. The van der Waals surface area contributed by atoms with Gasteiger partial charge in [0.1, 0.15) is 0 Å². The number of halogens is 1. The summed E-state index contributed by atoms with van der Waals surface area (Å²) in [6, 6.07) is 8.80. The Morgan fingerprint density at radius 3 is 2.87 bits per heavy atom. The van der Waals surface area contributed by atoms with Crippen LogP contribution in [-0.2, 0) is 6.42 Å². The van der Waals surface area contributed by atoms with Gasteiger partial charge in [-0.15, -0.1) is 0 Å². The second kappa shape index (κ2) is 4.97. The number of hydrogen-bond acceptors (Lipinski definition) is 2. The number of nitrogens with two attached hydrogens (primary N) is 1. The van der Waals surface area contributed by atoms with E-state index >= 15 is 0 Å². The molecule has 1 aliphatic heterocycles. The van der Waals surface area contributed by atoms with Gasteiger partial charge in [0, 0.05) is 17.1 Å². The SMILES string of the molecule is N[C@@H]1CCN[C@@H]1CCc1ccccc1Cl. The van der Waals surface area contributed by atoms with Gasteiger partial charge in [-0.2, -0.15) is 0 Å². The van der Waals surface area contributed by atoms with E-state index in [9.17, 15) is 0 Å². The van der Waals surface area contributed by atoms with Gasteiger partial charge in [-0.3, -0.25) is 0 Å². The molecule has 1 saturated heterocycles. The van der Waals surface area contributed by atoms with Crippen LogP contribution in [0.1, 0.15) is 18.4 Å². The number of aryl methyl sites for hydroxylation is 1. The van der Waals surface area contributed by atoms with E-state index in [1.54, 1.807) is 0 Å². The first-order valence-electron chi connectivity index (χ1n) is 5.50. The lowest BCUT2D eigenvalue weighted by Gasteiger charge is -2.15. The highest BCUT2D eigenvalue weighted by Crippen LogP contribution is 2.19. The molecule has 1 fully saturated rings. The van der Waals surface area contributed by atoms with Crippen LogP contribution >= 0.6 is 11.6 Å². The summed E-state index contributed by atoms with van der Waals surface area (Å²) in [7, 11) is 0. The Labute approximate surface area is 95.8 Å². The third kappa shape index (κ3) is 2.71. The third-order valence-corrected chi connectivity index (χ3v) is 3.45. The minimum atomic E-state index is 0.312. The van der Waals surface area contributed by atoms with Crippen molar-refractivity contribution in [3.05, 3.63) is 34.9 Å². The molecular formula is C12H17ClN2. The van der Waals surface area contributed by atoms with Crippen LogP contribution in [0.2, 0.25) is 5.02 Å². The molecule has 0 amide bonds. The lowest BCUT2D eigenvalue weighted by Crippen LogP contribution is -2.36. The maximum atomic E-state index is 6.09. The van der Waals surface area contributed by atoms with Crippen LogP contribution in [0.25, 0.3) is 0 Å². The molecule has 1 heterocycles. The topological polar surface area (TPSA) is 38.0 Å². The van der Waals surface area contributed by atoms with Crippen LogP contribution in [0.15, 0.2) is 24.3 Å². The van der Waals surface area contributed by atoms with Gasteiger partial charge in [0.15, 0.2) is 0 Å². The van der Waals surface area contributed by atoms with Gasteiger partial charge in [0.25, 0.3) is 0 Å². The summed E-state index contributed by atoms with van der Waals surface area (Å²) < 4.78 is 0. The van der Waals surface area contributed by atoms with Gasteiger partial charge in [0.2, 0.25) is 0 Å². The Morgan fingerprint density at radius 2 is 2.20 bits per heavy atom.